The van der Waals surface area contributed by atoms with Gasteiger partial charge >= 0.3 is 5.69 Å². The summed E-state index contributed by atoms with van der Waals surface area (Å²) in [6.45, 7) is 0.135. The van der Waals surface area contributed by atoms with E-state index < -0.39 is 11.0 Å². The number of hydrogen-bond acceptors (Lipinski definition) is 5. The summed E-state index contributed by atoms with van der Waals surface area (Å²) in [6.07, 6.45) is 1.72. The van der Waals surface area contributed by atoms with E-state index in [4.69, 9.17) is 0 Å². The minimum Gasteiger partial charge on any atom is -0.387 e. The van der Waals surface area contributed by atoms with Crippen LogP contribution < -0.4 is 4.90 Å². The smallest absolute Gasteiger partial charge is 0.310 e. The first-order chi connectivity index (χ1) is 9.99. The summed E-state index contributed by atoms with van der Waals surface area (Å²) in [5.74, 6) is -0.385. The average molecular weight is 291 g/mol. The van der Waals surface area contributed by atoms with Crippen molar-refractivity contribution in [2.45, 2.75) is 6.10 Å². The Hall–Kier alpha value is -2.54. The highest BCUT2D eigenvalue weighted by atomic mass is 19.1. The van der Waals surface area contributed by atoms with Crippen LogP contribution in [-0.2, 0) is 0 Å². The first kappa shape index (κ1) is 14.9. The van der Waals surface area contributed by atoms with Crippen LogP contribution in [0.4, 0.5) is 15.8 Å². The second-order valence-corrected chi connectivity index (χ2v) is 4.57. The number of halogens is 1. The van der Waals surface area contributed by atoms with Crippen LogP contribution >= 0.6 is 0 Å². The number of nitrogens with zero attached hydrogens (tertiary/aromatic N) is 3. The molecule has 0 unspecified atom stereocenters. The zero-order valence-corrected chi connectivity index (χ0v) is 11.3. The molecule has 1 atom stereocenters. The number of aliphatic hydroxyl groups excluding tert-OH is 1. The number of likely N-dealkylation sites (N-methyl/N-ethyl adjacent to an activating group) is 1. The molecule has 1 aromatic carbocycles. The summed E-state index contributed by atoms with van der Waals surface area (Å²) in [5, 5.41) is 21.1. The minimum atomic E-state index is -0.886. The van der Waals surface area contributed by atoms with Gasteiger partial charge in [-0.2, -0.15) is 0 Å². The molecule has 0 aliphatic rings. The predicted molar refractivity (Wildman–Crippen MR) is 75.5 cm³/mol. The lowest BCUT2D eigenvalue weighted by Gasteiger charge is -2.22. The Morgan fingerprint density at radius 3 is 2.67 bits per heavy atom. The largest absolute Gasteiger partial charge is 0.387 e. The number of benzene rings is 1. The Morgan fingerprint density at radius 2 is 2.05 bits per heavy atom. The van der Waals surface area contributed by atoms with E-state index in [9.17, 15) is 19.6 Å². The van der Waals surface area contributed by atoms with Crippen molar-refractivity contribution in [3.05, 3.63) is 64.2 Å². The molecule has 0 fully saturated rings. The Bertz CT molecular complexity index is 634. The molecule has 2 rings (SSSR count). The molecular weight excluding hydrogens is 277 g/mol. The highest BCUT2D eigenvalue weighted by molar-refractivity contribution is 5.61. The number of hydrogen-bond donors (Lipinski definition) is 1. The van der Waals surface area contributed by atoms with Gasteiger partial charge < -0.3 is 10.0 Å². The summed E-state index contributed by atoms with van der Waals surface area (Å²) in [6, 6.07) is 6.99. The summed E-state index contributed by atoms with van der Waals surface area (Å²) < 4.78 is 12.8. The van der Waals surface area contributed by atoms with Crippen LogP contribution in [0.25, 0.3) is 0 Å². The van der Waals surface area contributed by atoms with Crippen LogP contribution in [0.2, 0.25) is 0 Å². The van der Waals surface area contributed by atoms with Gasteiger partial charge in [-0.15, -0.1) is 0 Å². The highest BCUT2D eigenvalue weighted by Crippen LogP contribution is 2.27. The zero-order valence-electron chi connectivity index (χ0n) is 11.3. The molecule has 1 N–H and O–H groups in total. The van der Waals surface area contributed by atoms with Gasteiger partial charge in [-0.05, 0) is 23.8 Å². The van der Waals surface area contributed by atoms with Gasteiger partial charge in [0.05, 0.1) is 11.0 Å². The molecule has 1 heterocycles. The summed E-state index contributed by atoms with van der Waals surface area (Å²) in [4.78, 5) is 15.7. The molecule has 0 spiro atoms. The predicted octanol–water partition coefficient (Wildman–Crippen LogP) is 2.30. The van der Waals surface area contributed by atoms with Crippen LogP contribution in [0.15, 0.2) is 42.7 Å². The van der Waals surface area contributed by atoms with Crippen molar-refractivity contribution >= 4 is 11.4 Å². The minimum absolute atomic E-state index is 0.133. The zero-order chi connectivity index (χ0) is 15.4. The fourth-order valence-corrected chi connectivity index (χ4v) is 1.99. The number of rotatable bonds is 5. The molecule has 0 amide bonds. The summed E-state index contributed by atoms with van der Waals surface area (Å²) in [5.41, 5.74) is 0.766. The van der Waals surface area contributed by atoms with Crippen molar-refractivity contribution in [3.8, 4) is 0 Å². The molecule has 0 saturated heterocycles. The van der Waals surface area contributed by atoms with Gasteiger partial charge in [0.15, 0.2) is 0 Å². The molecule has 0 aliphatic heterocycles. The standard InChI is InChI=1S/C14H14FN3O3/c1-17(12-6-7-16-8-13(12)18(20)21)9-14(19)10-2-4-11(15)5-3-10/h2-8,14,19H,9H2,1H3/t14-/m0/s1. The van der Waals surface area contributed by atoms with Gasteiger partial charge in [-0.3, -0.25) is 15.1 Å². The van der Waals surface area contributed by atoms with Crippen LogP contribution in [0.3, 0.4) is 0 Å². The van der Waals surface area contributed by atoms with Crippen LogP contribution in [0.1, 0.15) is 11.7 Å². The van der Waals surface area contributed by atoms with E-state index in [1.807, 2.05) is 0 Å². The SMILES string of the molecule is CN(C[C@H](O)c1ccc(F)cc1)c1ccncc1[N+](=O)[O-]. The Labute approximate surface area is 120 Å². The quantitative estimate of drug-likeness (QED) is 0.675. The Morgan fingerprint density at radius 1 is 1.38 bits per heavy atom. The number of aromatic nitrogens is 1. The van der Waals surface area contributed by atoms with E-state index in [0.29, 0.717) is 11.3 Å². The van der Waals surface area contributed by atoms with E-state index in [0.717, 1.165) is 6.20 Å². The Kier molecular flexibility index (Phi) is 4.44. The van der Waals surface area contributed by atoms with E-state index >= 15 is 0 Å². The van der Waals surface area contributed by atoms with Crippen molar-refractivity contribution in [2.75, 3.05) is 18.5 Å². The first-order valence-electron chi connectivity index (χ1n) is 6.22. The van der Waals surface area contributed by atoms with Crippen LogP contribution in [0, 0.1) is 15.9 Å². The first-order valence-corrected chi connectivity index (χ1v) is 6.22. The normalized spacial score (nSPS) is 12.0. The third-order valence-electron chi connectivity index (χ3n) is 3.09. The molecule has 21 heavy (non-hydrogen) atoms. The molecule has 1 aromatic heterocycles. The molecule has 0 bridgehead atoms. The molecule has 7 heteroatoms. The van der Waals surface area contributed by atoms with Crippen molar-refractivity contribution < 1.29 is 14.4 Å². The van der Waals surface area contributed by atoms with E-state index in [1.54, 1.807) is 11.9 Å². The summed E-state index contributed by atoms with van der Waals surface area (Å²) in [7, 11) is 1.63. The highest BCUT2D eigenvalue weighted by Gasteiger charge is 2.19. The van der Waals surface area contributed by atoms with Gasteiger partial charge in [-0.1, -0.05) is 12.1 Å². The van der Waals surface area contributed by atoms with Gasteiger partial charge in [0.2, 0.25) is 0 Å². The molecule has 6 nitrogen and oxygen atoms in total. The fourth-order valence-electron chi connectivity index (χ4n) is 1.99. The maximum absolute atomic E-state index is 12.8. The lowest BCUT2D eigenvalue weighted by Crippen LogP contribution is -2.25. The van der Waals surface area contributed by atoms with Gasteiger partial charge in [0, 0.05) is 19.8 Å². The molecule has 2 aromatic rings. The van der Waals surface area contributed by atoms with Crippen LogP contribution in [0.5, 0.6) is 0 Å². The Balaban J connectivity index is 2.16. The third kappa shape index (κ3) is 3.51. The maximum atomic E-state index is 12.8. The van der Waals surface area contributed by atoms with Gasteiger partial charge in [0.25, 0.3) is 0 Å². The van der Waals surface area contributed by atoms with Crippen molar-refractivity contribution in [1.82, 2.24) is 4.98 Å². The fraction of sp³-hybridized carbons (Fsp3) is 0.214. The van der Waals surface area contributed by atoms with E-state index in [2.05, 4.69) is 4.98 Å². The lowest BCUT2D eigenvalue weighted by atomic mass is 10.1. The summed E-state index contributed by atoms with van der Waals surface area (Å²) >= 11 is 0. The van der Waals surface area contributed by atoms with Gasteiger partial charge in [0.1, 0.15) is 17.7 Å². The lowest BCUT2D eigenvalue weighted by molar-refractivity contribution is -0.384. The average Bonchev–Trinajstić information content (AvgIpc) is 2.47. The molecule has 0 saturated carbocycles. The monoisotopic (exact) mass is 291 g/mol. The van der Waals surface area contributed by atoms with E-state index in [1.165, 1.54) is 36.5 Å². The number of anilines is 1. The van der Waals surface area contributed by atoms with E-state index in [-0.39, 0.29) is 18.0 Å². The topological polar surface area (TPSA) is 79.5 Å². The molecular formula is C14H14FN3O3. The molecule has 110 valence electrons. The van der Waals surface area contributed by atoms with Crippen molar-refractivity contribution in [2.24, 2.45) is 0 Å². The number of nitro groups is 1. The third-order valence-corrected chi connectivity index (χ3v) is 3.09. The second kappa shape index (κ2) is 6.27. The maximum Gasteiger partial charge on any atom is 0.310 e. The van der Waals surface area contributed by atoms with Crippen LogP contribution in [-0.4, -0.2) is 28.6 Å². The van der Waals surface area contributed by atoms with Crippen molar-refractivity contribution in [1.29, 1.82) is 0 Å². The molecule has 0 aliphatic carbocycles. The number of aliphatic hydroxyl groups is 1. The van der Waals surface area contributed by atoms with Gasteiger partial charge in [-0.25, -0.2) is 4.39 Å². The molecule has 0 radical (unpaired) electrons. The number of pyridine rings is 1. The second-order valence-electron chi connectivity index (χ2n) is 4.57. The van der Waals surface area contributed by atoms with Crippen molar-refractivity contribution in [3.63, 3.8) is 0 Å².